The Kier molecular flexibility index (Phi) is 6.11. The van der Waals surface area contributed by atoms with E-state index in [4.69, 9.17) is 0 Å². The summed E-state index contributed by atoms with van der Waals surface area (Å²) in [5.41, 5.74) is 2.84. The molecule has 2 aromatic rings. The van der Waals surface area contributed by atoms with Crippen LogP contribution in [0.2, 0.25) is 0 Å². The van der Waals surface area contributed by atoms with Gasteiger partial charge in [0.2, 0.25) is 0 Å². The van der Waals surface area contributed by atoms with E-state index in [0.29, 0.717) is 11.8 Å². The third-order valence-electron chi connectivity index (χ3n) is 3.22. The molecule has 0 atom stereocenters. The summed E-state index contributed by atoms with van der Waals surface area (Å²) in [5, 5.41) is 2.71. The van der Waals surface area contributed by atoms with Gasteiger partial charge in [0.05, 0.1) is 0 Å². The topological polar surface area (TPSA) is 0 Å². The van der Waals surface area contributed by atoms with Crippen molar-refractivity contribution in [3.63, 3.8) is 0 Å². The summed E-state index contributed by atoms with van der Waals surface area (Å²) in [4.78, 5) is 0. The van der Waals surface area contributed by atoms with Crippen molar-refractivity contribution in [3.8, 4) is 0 Å². The Morgan fingerprint density at radius 2 is 0.944 bits per heavy atom. The van der Waals surface area contributed by atoms with Crippen molar-refractivity contribution in [1.82, 2.24) is 0 Å². The van der Waals surface area contributed by atoms with Gasteiger partial charge in [-0.25, -0.2) is 0 Å². The fourth-order valence-electron chi connectivity index (χ4n) is 2.00. The van der Waals surface area contributed by atoms with E-state index in [0.717, 1.165) is 0 Å². The van der Waals surface area contributed by atoms with Crippen LogP contribution < -0.4 is 0 Å². The molecule has 0 aliphatic rings. The van der Waals surface area contributed by atoms with Gasteiger partial charge in [-0.05, 0) is 33.7 Å². The Morgan fingerprint density at radius 3 is 1.22 bits per heavy atom. The van der Waals surface area contributed by atoms with E-state index in [9.17, 15) is 0 Å². The molecule has 100 valence electrons. The summed E-state index contributed by atoms with van der Waals surface area (Å²) in [7, 11) is 0. The highest BCUT2D eigenvalue weighted by atomic mass is 14.1. The van der Waals surface area contributed by atoms with Crippen LogP contribution in [0.1, 0.15) is 65.5 Å². The monoisotopic (exact) mass is 244 g/mol. The number of hydrogen-bond acceptors (Lipinski definition) is 0. The Balaban J connectivity index is 0.00000144. The fourth-order valence-corrected chi connectivity index (χ4v) is 2.00. The van der Waals surface area contributed by atoms with Crippen LogP contribution in [0.15, 0.2) is 36.4 Å². The molecule has 0 radical (unpaired) electrons. The van der Waals surface area contributed by atoms with Crippen LogP contribution >= 0.6 is 0 Å². The van der Waals surface area contributed by atoms with Gasteiger partial charge >= 0.3 is 0 Å². The van der Waals surface area contributed by atoms with Gasteiger partial charge in [-0.1, -0.05) is 78.9 Å². The van der Waals surface area contributed by atoms with Crippen molar-refractivity contribution < 1.29 is 0 Å². The average Bonchev–Trinajstić information content (AvgIpc) is 2.27. The Labute approximate surface area is 113 Å². The predicted molar refractivity (Wildman–Crippen MR) is 85.6 cm³/mol. The van der Waals surface area contributed by atoms with Gasteiger partial charge in [0.25, 0.3) is 0 Å². The summed E-state index contributed by atoms with van der Waals surface area (Å²) >= 11 is 0. The first-order valence-electron chi connectivity index (χ1n) is 6.11. The molecule has 0 bridgehead atoms. The number of rotatable bonds is 2. The van der Waals surface area contributed by atoms with Gasteiger partial charge in [-0.3, -0.25) is 0 Å². The quantitative estimate of drug-likeness (QED) is 0.576. The molecule has 0 saturated carbocycles. The summed E-state index contributed by atoms with van der Waals surface area (Å²) in [6.07, 6.45) is 0. The van der Waals surface area contributed by atoms with E-state index < -0.39 is 0 Å². The van der Waals surface area contributed by atoms with Crippen molar-refractivity contribution in [2.75, 3.05) is 0 Å². The standard InChI is InChI=1S/C16H20.2CH4/c1-11(2)13-5-7-16-10-14(12(3)4)6-8-15(16)9-13;;/h5-12H,1-4H3;2*1H4. The molecule has 18 heavy (non-hydrogen) atoms. The summed E-state index contributed by atoms with van der Waals surface area (Å²) < 4.78 is 0. The fraction of sp³-hybridized carbons (Fsp3) is 0.444. The molecule has 0 heteroatoms. The SMILES string of the molecule is C.C.CC(C)c1ccc2cc(C(C)C)ccc2c1. The van der Waals surface area contributed by atoms with Crippen LogP contribution in [0.3, 0.4) is 0 Å². The summed E-state index contributed by atoms with van der Waals surface area (Å²) in [6.45, 7) is 8.96. The second-order valence-electron chi connectivity index (χ2n) is 5.18. The number of benzene rings is 2. The maximum Gasteiger partial charge on any atom is -0.0181 e. The number of hydrogen-bond donors (Lipinski definition) is 0. The maximum atomic E-state index is 2.31. The lowest BCUT2D eigenvalue weighted by Gasteiger charge is -2.10. The lowest BCUT2D eigenvalue weighted by molar-refractivity contribution is 0.865. The molecule has 0 aliphatic carbocycles. The predicted octanol–water partition coefficient (Wildman–Crippen LogP) is 6.36. The highest BCUT2D eigenvalue weighted by Crippen LogP contribution is 2.24. The Hall–Kier alpha value is -1.30. The lowest BCUT2D eigenvalue weighted by atomic mass is 9.96. The molecular weight excluding hydrogens is 216 g/mol. The molecule has 0 fully saturated rings. The molecule has 2 rings (SSSR count). The van der Waals surface area contributed by atoms with Crippen LogP contribution in [0.25, 0.3) is 10.8 Å². The zero-order valence-electron chi connectivity index (χ0n) is 10.6. The lowest BCUT2D eigenvalue weighted by Crippen LogP contribution is -1.89. The summed E-state index contributed by atoms with van der Waals surface area (Å²) in [6, 6.07) is 13.6. The first-order valence-corrected chi connectivity index (χ1v) is 6.11. The third kappa shape index (κ3) is 3.35. The van der Waals surface area contributed by atoms with Gasteiger partial charge in [-0.2, -0.15) is 0 Å². The Bertz CT molecular complexity index is 445. The van der Waals surface area contributed by atoms with Crippen LogP contribution in [0.5, 0.6) is 0 Å². The van der Waals surface area contributed by atoms with Crippen molar-refractivity contribution >= 4 is 10.8 Å². The van der Waals surface area contributed by atoms with Crippen LogP contribution in [-0.2, 0) is 0 Å². The van der Waals surface area contributed by atoms with Gasteiger partial charge in [0.1, 0.15) is 0 Å². The van der Waals surface area contributed by atoms with E-state index in [1.807, 2.05) is 0 Å². The highest BCUT2D eigenvalue weighted by Gasteiger charge is 2.03. The van der Waals surface area contributed by atoms with E-state index in [2.05, 4.69) is 64.1 Å². The van der Waals surface area contributed by atoms with Crippen molar-refractivity contribution in [2.24, 2.45) is 0 Å². The molecule has 0 heterocycles. The molecule has 0 nitrogen and oxygen atoms in total. The zero-order chi connectivity index (χ0) is 11.7. The third-order valence-corrected chi connectivity index (χ3v) is 3.22. The van der Waals surface area contributed by atoms with Crippen LogP contribution in [0, 0.1) is 0 Å². The van der Waals surface area contributed by atoms with E-state index in [1.165, 1.54) is 21.9 Å². The smallest absolute Gasteiger partial charge is 0.0181 e. The molecular formula is C18H28. The first kappa shape index (κ1) is 16.7. The molecule has 0 spiro atoms. The molecule has 0 aliphatic heterocycles. The minimum absolute atomic E-state index is 0. The molecule has 0 amide bonds. The van der Waals surface area contributed by atoms with Crippen LogP contribution in [-0.4, -0.2) is 0 Å². The molecule has 0 unspecified atom stereocenters. The van der Waals surface area contributed by atoms with E-state index >= 15 is 0 Å². The second-order valence-corrected chi connectivity index (χ2v) is 5.18. The minimum atomic E-state index is 0. The molecule has 0 aromatic heterocycles. The largest absolute Gasteiger partial charge is 0.0776 e. The van der Waals surface area contributed by atoms with Crippen molar-refractivity contribution in [3.05, 3.63) is 47.5 Å². The molecule has 2 aromatic carbocycles. The first-order chi connectivity index (χ1) is 7.58. The van der Waals surface area contributed by atoms with Crippen molar-refractivity contribution in [2.45, 2.75) is 54.4 Å². The maximum absolute atomic E-state index is 2.31. The Morgan fingerprint density at radius 1 is 0.611 bits per heavy atom. The van der Waals surface area contributed by atoms with E-state index in [1.54, 1.807) is 0 Å². The van der Waals surface area contributed by atoms with Crippen LogP contribution in [0.4, 0.5) is 0 Å². The summed E-state index contributed by atoms with van der Waals surface area (Å²) in [5.74, 6) is 1.21. The van der Waals surface area contributed by atoms with Gasteiger partial charge in [0, 0.05) is 0 Å². The van der Waals surface area contributed by atoms with E-state index in [-0.39, 0.29) is 14.9 Å². The molecule has 0 saturated heterocycles. The zero-order valence-corrected chi connectivity index (χ0v) is 10.6. The minimum Gasteiger partial charge on any atom is -0.0776 e. The van der Waals surface area contributed by atoms with Gasteiger partial charge in [0.15, 0.2) is 0 Å². The number of fused-ring (bicyclic) bond motifs is 1. The van der Waals surface area contributed by atoms with Gasteiger partial charge in [-0.15, -0.1) is 0 Å². The van der Waals surface area contributed by atoms with Crippen molar-refractivity contribution in [1.29, 1.82) is 0 Å². The average molecular weight is 244 g/mol. The molecule has 0 N–H and O–H groups in total. The van der Waals surface area contributed by atoms with Gasteiger partial charge < -0.3 is 0 Å². The second kappa shape index (κ2) is 6.58. The normalized spacial score (nSPS) is 10.3. The highest BCUT2D eigenvalue weighted by molar-refractivity contribution is 5.84.